The maximum atomic E-state index is 13.4. The Bertz CT molecular complexity index is 930. The summed E-state index contributed by atoms with van der Waals surface area (Å²) >= 11 is 0. The van der Waals surface area contributed by atoms with Gasteiger partial charge in [-0.3, -0.25) is 14.5 Å². The zero-order valence-electron chi connectivity index (χ0n) is 16.9. The van der Waals surface area contributed by atoms with Crippen LogP contribution in [0.1, 0.15) is 31.7 Å². The van der Waals surface area contributed by atoms with Crippen molar-refractivity contribution in [2.45, 2.75) is 31.7 Å². The molecule has 8 heteroatoms. The van der Waals surface area contributed by atoms with Gasteiger partial charge in [-0.1, -0.05) is 31.9 Å². The SMILES string of the molecule is CCCC[C@]1(c2ccc(F)cc2)NC(=O)N(CC(=O)Nc2ccc(OC)cc2)C1=O. The first-order valence-electron chi connectivity index (χ1n) is 9.73. The molecule has 2 N–H and O–H groups in total. The summed E-state index contributed by atoms with van der Waals surface area (Å²) in [5, 5.41) is 5.40. The Labute approximate surface area is 174 Å². The summed E-state index contributed by atoms with van der Waals surface area (Å²) in [5.41, 5.74) is -0.293. The number of carbonyl (C=O) groups is 3. The number of amides is 4. The number of unbranched alkanes of at least 4 members (excludes halogenated alkanes) is 1. The molecule has 158 valence electrons. The lowest BCUT2D eigenvalue weighted by Gasteiger charge is -2.27. The zero-order valence-corrected chi connectivity index (χ0v) is 16.9. The molecule has 0 spiro atoms. The summed E-state index contributed by atoms with van der Waals surface area (Å²) in [6.45, 7) is 1.55. The Kier molecular flexibility index (Phi) is 6.34. The van der Waals surface area contributed by atoms with E-state index in [1.165, 1.54) is 31.4 Å². The number of hydrogen-bond acceptors (Lipinski definition) is 4. The highest BCUT2D eigenvalue weighted by molar-refractivity contribution is 6.10. The number of anilines is 1. The lowest BCUT2D eigenvalue weighted by molar-refractivity contribution is -0.134. The van der Waals surface area contributed by atoms with E-state index in [-0.39, 0.29) is 0 Å². The highest BCUT2D eigenvalue weighted by atomic mass is 19.1. The van der Waals surface area contributed by atoms with Crippen molar-refractivity contribution in [1.82, 2.24) is 10.2 Å². The minimum absolute atomic E-state index is 0.357. The van der Waals surface area contributed by atoms with Crippen LogP contribution in [0.25, 0.3) is 0 Å². The molecule has 4 amide bonds. The Morgan fingerprint density at radius 3 is 2.40 bits per heavy atom. The fraction of sp³-hybridized carbons (Fsp3) is 0.318. The average Bonchev–Trinajstić information content (AvgIpc) is 2.98. The van der Waals surface area contributed by atoms with Gasteiger partial charge in [0, 0.05) is 5.69 Å². The van der Waals surface area contributed by atoms with Gasteiger partial charge in [0.1, 0.15) is 23.7 Å². The molecular formula is C22H24FN3O4. The number of nitrogens with zero attached hydrogens (tertiary/aromatic N) is 1. The van der Waals surface area contributed by atoms with Crippen molar-refractivity contribution in [3.8, 4) is 5.75 Å². The molecule has 0 aliphatic carbocycles. The third-order valence-corrected chi connectivity index (χ3v) is 5.09. The van der Waals surface area contributed by atoms with E-state index in [4.69, 9.17) is 4.74 Å². The average molecular weight is 413 g/mol. The number of ether oxygens (including phenoxy) is 1. The molecule has 0 unspecified atom stereocenters. The molecule has 30 heavy (non-hydrogen) atoms. The quantitative estimate of drug-likeness (QED) is 0.650. The Balaban J connectivity index is 1.78. The van der Waals surface area contributed by atoms with E-state index in [9.17, 15) is 18.8 Å². The summed E-state index contributed by atoms with van der Waals surface area (Å²) < 4.78 is 18.5. The topological polar surface area (TPSA) is 87.7 Å². The normalized spacial score (nSPS) is 18.3. The molecule has 1 atom stereocenters. The summed E-state index contributed by atoms with van der Waals surface area (Å²) in [6, 6.07) is 11.5. The van der Waals surface area contributed by atoms with Crippen LogP contribution in [0.2, 0.25) is 0 Å². The molecule has 3 rings (SSSR count). The number of imide groups is 1. The van der Waals surface area contributed by atoms with Gasteiger partial charge in [0.05, 0.1) is 7.11 Å². The van der Waals surface area contributed by atoms with Crippen molar-refractivity contribution in [2.75, 3.05) is 19.0 Å². The highest BCUT2D eigenvalue weighted by Crippen LogP contribution is 2.34. The van der Waals surface area contributed by atoms with Crippen molar-refractivity contribution >= 4 is 23.5 Å². The van der Waals surface area contributed by atoms with Crippen molar-refractivity contribution < 1.29 is 23.5 Å². The molecule has 2 aromatic carbocycles. The smallest absolute Gasteiger partial charge is 0.325 e. The number of methoxy groups -OCH3 is 1. The van der Waals surface area contributed by atoms with Crippen LogP contribution in [0.5, 0.6) is 5.75 Å². The molecule has 1 heterocycles. The number of carbonyl (C=O) groups excluding carboxylic acids is 3. The lowest BCUT2D eigenvalue weighted by Crippen LogP contribution is -2.44. The van der Waals surface area contributed by atoms with Gasteiger partial charge in [0.15, 0.2) is 0 Å². The molecular weight excluding hydrogens is 389 g/mol. The fourth-order valence-corrected chi connectivity index (χ4v) is 3.47. The molecule has 0 radical (unpaired) electrons. The van der Waals surface area contributed by atoms with Crippen molar-refractivity contribution in [2.24, 2.45) is 0 Å². The van der Waals surface area contributed by atoms with Gasteiger partial charge in [-0.25, -0.2) is 9.18 Å². The van der Waals surface area contributed by atoms with Crippen LogP contribution >= 0.6 is 0 Å². The number of benzene rings is 2. The van der Waals surface area contributed by atoms with Crippen LogP contribution in [0, 0.1) is 5.82 Å². The van der Waals surface area contributed by atoms with Crippen LogP contribution in [0.4, 0.5) is 14.9 Å². The third kappa shape index (κ3) is 4.27. The van der Waals surface area contributed by atoms with Crippen LogP contribution < -0.4 is 15.4 Å². The van der Waals surface area contributed by atoms with Crippen molar-refractivity contribution in [3.05, 3.63) is 59.9 Å². The number of nitrogens with one attached hydrogen (secondary N) is 2. The van der Waals surface area contributed by atoms with Gasteiger partial charge in [-0.05, 0) is 48.4 Å². The highest BCUT2D eigenvalue weighted by Gasteiger charge is 2.52. The second kappa shape index (κ2) is 8.94. The van der Waals surface area contributed by atoms with Gasteiger partial charge >= 0.3 is 6.03 Å². The van der Waals surface area contributed by atoms with E-state index in [2.05, 4.69) is 10.6 Å². The van der Waals surface area contributed by atoms with E-state index < -0.39 is 35.7 Å². The Hall–Kier alpha value is -3.42. The van der Waals surface area contributed by atoms with Crippen molar-refractivity contribution in [3.63, 3.8) is 0 Å². The summed E-state index contributed by atoms with van der Waals surface area (Å²) in [6.07, 6.45) is 1.84. The standard InChI is InChI=1S/C22H24FN3O4/c1-3-4-13-22(15-5-7-16(23)8-6-15)20(28)26(21(29)25-22)14-19(27)24-17-9-11-18(30-2)12-10-17/h5-12H,3-4,13-14H2,1-2H3,(H,24,27)(H,25,29)/t22-/m1/s1. The van der Waals surface area contributed by atoms with E-state index in [0.29, 0.717) is 29.8 Å². The largest absolute Gasteiger partial charge is 0.497 e. The molecule has 0 bridgehead atoms. The molecule has 2 aromatic rings. The van der Waals surface area contributed by atoms with E-state index >= 15 is 0 Å². The van der Waals surface area contributed by atoms with E-state index in [0.717, 1.165) is 11.3 Å². The van der Waals surface area contributed by atoms with E-state index in [1.807, 2.05) is 6.92 Å². The second-order valence-electron chi connectivity index (χ2n) is 7.11. The molecule has 1 aliphatic rings. The number of urea groups is 1. The minimum Gasteiger partial charge on any atom is -0.497 e. The minimum atomic E-state index is -1.30. The molecule has 1 fully saturated rings. The monoisotopic (exact) mass is 413 g/mol. The van der Waals surface area contributed by atoms with Crippen LogP contribution in [0.15, 0.2) is 48.5 Å². The zero-order chi connectivity index (χ0) is 21.7. The maximum absolute atomic E-state index is 13.4. The maximum Gasteiger partial charge on any atom is 0.325 e. The Morgan fingerprint density at radius 1 is 1.13 bits per heavy atom. The molecule has 1 saturated heterocycles. The molecule has 7 nitrogen and oxygen atoms in total. The number of hydrogen-bond donors (Lipinski definition) is 2. The molecule has 0 aromatic heterocycles. The number of halogens is 1. The third-order valence-electron chi connectivity index (χ3n) is 5.09. The van der Waals surface area contributed by atoms with Crippen LogP contribution in [0.3, 0.4) is 0 Å². The summed E-state index contributed by atoms with van der Waals surface area (Å²) in [5.74, 6) is -0.814. The molecule has 1 aliphatic heterocycles. The van der Waals surface area contributed by atoms with E-state index in [1.54, 1.807) is 24.3 Å². The first-order valence-corrected chi connectivity index (χ1v) is 9.73. The lowest BCUT2D eigenvalue weighted by atomic mass is 9.85. The first kappa shape index (κ1) is 21.3. The van der Waals surface area contributed by atoms with Gasteiger partial charge in [0.25, 0.3) is 5.91 Å². The fourth-order valence-electron chi connectivity index (χ4n) is 3.47. The number of rotatable bonds is 8. The molecule has 0 saturated carbocycles. The van der Waals surface area contributed by atoms with Crippen LogP contribution in [-0.4, -0.2) is 36.4 Å². The van der Waals surface area contributed by atoms with Gasteiger partial charge in [0.2, 0.25) is 5.91 Å². The summed E-state index contributed by atoms with van der Waals surface area (Å²) in [4.78, 5) is 39.2. The van der Waals surface area contributed by atoms with Gasteiger partial charge < -0.3 is 15.4 Å². The predicted octanol–water partition coefficient (Wildman–Crippen LogP) is 3.41. The van der Waals surface area contributed by atoms with Gasteiger partial charge in [-0.15, -0.1) is 0 Å². The van der Waals surface area contributed by atoms with Crippen molar-refractivity contribution in [1.29, 1.82) is 0 Å². The Morgan fingerprint density at radius 2 is 1.80 bits per heavy atom. The second-order valence-corrected chi connectivity index (χ2v) is 7.11. The summed E-state index contributed by atoms with van der Waals surface area (Å²) in [7, 11) is 1.54. The predicted molar refractivity (Wildman–Crippen MR) is 109 cm³/mol. The first-order chi connectivity index (χ1) is 14.4. The van der Waals surface area contributed by atoms with Crippen LogP contribution in [-0.2, 0) is 15.1 Å². The van der Waals surface area contributed by atoms with Gasteiger partial charge in [-0.2, -0.15) is 0 Å².